The number of nitrogens with zero attached hydrogens (tertiary/aromatic N) is 1. The number of ether oxygens (including phenoxy) is 1. The first-order valence-electron chi connectivity index (χ1n) is 6.35. The molecule has 0 spiro atoms. The third-order valence-corrected chi connectivity index (χ3v) is 4.59. The van der Waals surface area contributed by atoms with Crippen LogP contribution in [0.4, 0.5) is 0 Å². The molecule has 1 aliphatic heterocycles. The monoisotopic (exact) mass is 251 g/mol. The van der Waals surface area contributed by atoms with Gasteiger partial charge in [-0.3, -0.25) is 4.79 Å². The Labute approximate surface area is 105 Å². The molecule has 2 aliphatic rings. The van der Waals surface area contributed by atoms with Crippen molar-refractivity contribution in [1.29, 1.82) is 0 Å². The van der Waals surface area contributed by atoms with E-state index in [9.17, 15) is 4.79 Å². The van der Waals surface area contributed by atoms with E-state index in [4.69, 9.17) is 4.74 Å². The molecule has 0 N–H and O–H groups in total. The Morgan fingerprint density at radius 2 is 2.18 bits per heavy atom. The van der Waals surface area contributed by atoms with E-state index < -0.39 is 0 Å². The van der Waals surface area contributed by atoms with Gasteiger partial charge in [0.1, 0.15) is 0 Å². The third-order valence-electron chi connectivity index (χ3n) is 3.61. The van der Waals surface area contributed by atoms with Crippen molar-refractivity contribution in [3.63, 3.8) is 0 Å². The van der Waals surface area contributed by atoms with Crippen molar-refractivity contribution in [2.75, 3.05) is 13.2 Å². The van der Waals surface area contributed by atoms with Crippen LogP contribution in [0.3, 0.4) is 0 Å². The second-order valence-corrected chi connectivity index (χ2v) is 5.83. The quantitative estimate of drug-likeness (QED) is 0.775. The number of carbonyl (C=O) groups is 1. The van der Waals surface area contributed by atoms with Gasteiger partial charge in [0.25, 0.3) is 0 Å². The van der Waals surface area contributed by atoms with Crippen LogP contribution in [-0.4, -0.2) is 23.4 Å². The van der Waals surface area contributed by atoms with Gasteiger partial charge in [0.2, 0.25) is 0 Å². The standard InChI is InChI=1S/C13H17NO2S/c1-8(15)13-11(9-4-5-9)12(14-17-13)10-3-2-6-16-7-10/h9-10H,2-7H2,1H3. The summed E-state index contributed by atoms with van der Waals surface area (Å²) in [7, 11) is 0. The Balaban J connectivity index is 1.95. The summed E-state index contributed by atoms with van der Waals surface area (Å²) >= 11 is 1.39. The van der Waals surface area contributed by atoms with Crippen LogP contribution in [0.15, 0.2) is 0 Å². The van der Waals surface area contributed by atoms with E-state index in [1.807, 2.05) is 0 Å². The molecule has 1 saturated carbocycles. The zero-order chi connectivity index (χ0) is 11.8. The first kappa shape index (κ1) is 11.4. The van der Waals surface area contributed by atoms with Crippen LogP contribution < -0.4 is 0 Å². The summed E-state index contributed by atoms with van der Waals surface area (Å²) in [5.41, 5.74) is 2.43. The van der Waals surface area contributed by atoms with Crippen molar-refractivity contribution < 1.29 is 9.53 Å². The van der Waals surface area contributed by atoms with E-state index in [1.165, 1.54) is 35.6 Å². The Morgan fingerprint density at radius 1 is 1.35 bits per heavy atom. The lowest BCUT2D eigenvalue weighted by Gasteiger charge is -2.21. The number of hydrogen-bond acceptors (Lipinski definition) is 4. The van der Waals surface area contributed by atoms with E-state index >= 15 is 0 Å². The highest BCUT2D eigenvalue weighted by Crippen LogP contribution is 2.47. The van der Waals surface area contributed by atoms with Gasteiger partial charge in [-0.05, 0) is 43.1 Å². The summed E-state index contributed by atoms with van der Waals surface area (Å²) in [5, 5.41) is 0. The molecule has 1 atom stereocenters. The fraction of sp³-hybridized carbons (Fsp3) is 0.692. The van der Waals surface area contributed by atoms with E-state index in [-0.39, 0.29) is 5.78 Å². The second-order valence-electron chi connectivity index (χ2n) is 5.06. The van der Waals surface area contributed by atoms with Crippen molar-refractivity contribution in [2.24, 2.45) is 0 Å². The zero-order valence-corrected chi connectivity index (χ0v) is 10.9. The van der Waals surface area contributed by atoms with Crippen LogP contribution >= 0.6 is 11.5 Å². The molecule has 17 heavy (non-hydrogen) atoms. The molecule has 3 rings (SSSR count). The molecule has 4 heteroatoms. The SMILES string of the molecule is CC(=O)c1snc(C2CCCOC2)c1C1CC1. The van der Waals surface area contributed by atoms with Crippen LogP contribution in [-0.2, 0) is 4.74 Å². The van der Waals surface area contributed by atoms with Crippen molar-refractivity contribution in [2.45, 2.75) is 44.4 Å². The average molecular weight is 251 g/mol. The number of aromatic nitrogens is 1. The lowest BCUT2D eigenvalue weighted by atomic mass is 9.92. The van der Waals surface area contributed by atoms with Crippen molar-refractivity contribution in [3.8, 4) is 0 Å². The highest BCUT2D eigenvalue weighted by Gasteiger charge is 2.35. The van der Waals surface area contributed by atoms with Gasteiger partial charge in [-0.1, -0.05) is 0 Å². The summed E-state index contributed by atoms with van der Waals surface area (Å²) < 4.78 is 10.1. The Kier molecular flexibility index (Phi) is 3.01. The van der Waals surface area contributed by atoms with Crippen LogP contribution in [0.2, 0.25) is 0 Å². The summed E-state index contributed by atoms with van der Waals surface area (Å²) in [6.45, 7) is 3.31. The van der Waals surface area contributed by atoms with E-state index in [0.29, 0.717) is 11.8 Å². The Bertz CT molecular complexity index is 431. The minimum absolute atomic E-state index is 0.173. The molecular weight excluding hydrogens is 234 g/mol. The highest BCUT2D eigenvalue weighted by atomic mass is 32.1. The van der Waals surface area contributed by atoms with Crippen LogP contribution in [0.25, 0.3) is 0 Å². The Hall–Kier alpha value is -0.740. The third kappa shape index (κ3) is 2.16. The number of carbonyl (C=O) groups excluding carboxylic acids is 1. The molecule has 0 radical (unpaired) electrons. The van der Waals surface area contributed by atoms with Gasteiger partial charge in [0.15, 0.2) is 5.78 Å². The van der Waals surface area contributed by atoms with Gasteiger partial charge in [0, 0.05) is 25.0 Å². The van der Waals surface area contributed by atoms with Gasteiger partial charge >= 0.3 is 0 Å². The molecule has 1 aromatic rings. The molecule has 1 aromatic heterocycles. The summed E-state index contributed by atoms with van der Waals surface area (Å²) in [6, 6.07) is 0. The van der Waals surface area contributed by atoms with Crippen molar-refractivity contribution in [1.82, 2.24) is 4.37 Å². The number of ketones is 1. The van der Waals surface area contributed by atoms with Gasteiger partial charge in [-0.25, -0.2) is 0 Å². The minimum atomic E-state index is 0.173. The van der Waals surface area contributed by atoms with E-state index in [1.54, 1.807) is 6.92 Å². The molecule has 1 aliphatic carbocycles. The lowest BCUT2D eigenvalue weighted by molar-refractivity contribution is 0.0792. The van der Waals surface area contributed by atoms with E-state index in [0.717, 1.165) is 30.9 Å². The predicted molar refractivity (Wildman–Crippen MR) is 66.9 cm³/mol. The molecule has 92 valence electrons. The van der Waals surface area contributed by atoms with Gasteiger partial charge in [-0.2, -0.15) is 4.37 Å². The molecule has 0 amide bonds. The van der Waals surface area contributed by atoms with Gasteiger partial charge < -0.3 is 4.74 Å². The molecule has 1 saturated heterocycles. The number of hydrogen-bond donors (Lipinski definition) is 0. The average Bonchev–Trinajstić information content (AvgIpc) is 3.08. The summed E-state index contributed by atoms with van der Waals surface area (Å²) in [5.74, 6) is 1.20. The predicted octanol–water partition coefficient (Wildman–Crippen LogP) is 3.12. The topological polar surface area (TPSA) is 39.2 Å². The smallest absolute Gasteiger partial charge is 0.171 e. The maximum absolute atomic E-state index is 11.6. The number of rotatable bonds is 3. The largest absolute Gasteiger partial charge is 0.381 e. The first-order chi connectivity index (χ1) is 8.27. The van der Waals surface area contributed by atoms with Crippen molar-refractivity contribution in [3.05, 3.63) is 16.1 Å². The molecule has 2 fully saturated rings. The first-order valence-corrected chi connectivity index (χ1v) is 7.13. The summed E-state index contributed by atoms with van der Waals surface area (Å²) in [6.07, 6.45) is 4.71. The van der Waals surface area contributed by atoms with Crippen LogP contribution in [0.1, 0.15) is 65.4 Å². The Morgan fingerprint density at radius 3 is 2.76 bits per heavy atom. The van der Waals surface area contributed by atoms with Gasteiger partial charge in [-0.15, -0.1) is 0 Å². The fourth-order valence-electron chi connectivity index (χ4n) is 2.58. The molecule has 0 bridgehead atoms. The van der Waals surface area contributed by atoms with Crippen LogP contribution in [0.5, 0.6) is 0 Å². The molecular formula is C13H17NO2S. The number of Topliss-reactive ketones (excluding diaryl/α,β-unsaturated/α-hetero) is 1. The molecule has 1 unspecified atom stereocenters. The fourth-order valence-corrected chi connectivity index (χ4v) is 3.52. The van der Waals surface area contributed by atoms with E-state index in [2.05, 4.69) is 4.37 Å². The molecule has 2 heterocycles. The minimum Gasteiger partial charge on any atom is -0.381 e. The maximum atomic E-state index is 11.6. The molecule has 0 aromatic carbocycles. The maximum Gasteiger partial charge on any atom is 0.171 e. The van der Waals surface area contributed by atoms with Crippen molar-refractivity contribution >= 4 is 17.3 Å². The van der Waals surface area contributed by atoms with Gasteiger partial charge in [0.05, 0.1) is 17.2 Å². The van der Waals surface area contributed by atoms with Crippen LogP contribution in [0, 0.1) is 0 Å². The lowest BCUT2D eigenvalue weighted by Crippen LogP contribution is -2.17. The highest BCUT2D eigenvalue weighted by molar-refractivity contribution is 7.08. The summed E-state index contributed by atoms with van der Waals surface area (Å²) in [4.78, 5) is 12.5. The molecule has 3 nitrogen and oxygen atoms in total. The second kappa shape index (κ2) is 4.50. The normalized spacial score (nSPS) is 24.9. The zero-order valence-electron chi connectivity index (χ0n) is 10.1.